The highest BCUT2D eigenvalue weighted by molar-refractivity contribution is 6.12. The zero-order valence-corrected chi connectivity index (χ0v) is 31.6. The van der Waals surface area contributed by atoms with E-state index in [-0.39, 0.29) is 0 Å². The van der Waals surface area contributed by atoms with Gasteiger partial charge in [-0.25, -0.2) is 4.98 Å². The first kappa shape index (κ1) is 35.2. The van der Waals surface area contributed by atoms with E-state index in [0.717, 1.165) is 82.7 Å². The summed E-state index contributed by atoms with van der Waals surface area (Å²) in [5.74, 6) is 0.695. The minimum Gasteiger partial charge on any atom is -0.307 e. The Labute approximate surface area is 343 Å². The van der Waals surface area contributed by atoms with Gasteiger partial charge in [-0.05, 0) is 107 Å². The molecule has 0 fully saturated rings. The van der Waals surface area contributed by atoms with Crippen molar-refractivity contribution in [2.24, 2.45) is 0 Å². The highest BCUT2D eigenvalue weighted by atomic mass is 15.1. The lowest BCUT2D eigenvalue weighted by Crippen LogP contribution is -2.03. The van der Waals surface area contributed by atoms with Gasteiger partial charge in [0.05, 0.1) is 92.1 Å². The van der Waals surface area contributed by atoms with Crippen LogP contribution in [0.3, 0.4) is 0 Å². The molecule has 0 amide bonds. The maximum atomic E-state index is 10.0. The lowest BCUT2D eigenvalue weighted by molar-refractivity contribution is 1.06. The molecule has 0 saturated heterocycles. The summed E-state index contributed by atoms with van der Waals surface area (Å²) in [4.78, 5) is 5.20. The summed E-state index contributed by atoms with van der Waals surface area (Å²) in [5.41, 5.74) is 12.0. The van der Waals surface area contributed by atoms with Crippen LogP contribution in [0, 0.1) is 56.7 Å². The van der Waals surface area contributed by atoms with Gasteiger partial charge in [0.1, 0.15) is 5.82 Å². The zero-order chi connectivity index (χ0) is 40.9. The van der Waals surface area contributed by atoms with Crippen molar-refractivity contribution in [2.45, 2.75) is 0 Å². The van der Waals surface area contributed by atoms with Crippen LogP contribution in [-0.4, -0.2) is 14.1 Å². The summed E-state index contributed by atoms with van der Waals surface area (Å²) >= 11 is 0. The molecule has 10 aromatic rings. The van der Waals surface area contributed by atoms with Crippen LogP contribution < -0.4 is 0 Å². The molecule has 8 heteroatoms. The molecule has 0 unspecified atom stereocenters. The SMILES string of the molecule is N#Cc1ccc(-c2cc(-n3c4ccccc4c4cc(-c5ccc(C#N)cc5C#N)ccc43)ncc2-n2c3ccccc3c3cc(-c4ccc(C#N)cc4C#N)ccc32)cc1. The summed E-state index contributed by atoms with van der Waals surface area (Å²) in [6.07, 6.45) is 1.90. The Morgan fingerprint density at radius 2 is 0.833 bits per heavy atom. The smallest absolute Gasteiger partial charge is 0.138 e. The van der Waals surface area contributed by atoms with Crippen molar-refractivity contribution in [1.82, 2.24) is 14.1 Å². The highest BCUT2D eigenvalue weighted by Crippen LogP contribution is 2.41. The summed E-state index contributed by atoms with van der Waals surface area (Å²) in [6, 6.07) is 59.8. The Kier molecular flexibility index (Phi) is 8.23. The largest absolute Gasteiger partial charge is 0.307 e. The van der Waals surface area contributed by atoms with Crippen LogP contribution in [0.1, 0.15) is 27.8 Å². The number of hydrogen-bond acceptors (Lipinski definition) is 6. The molecule has 0 spiro atoms. The van der Waals surface area contributed by atoms with Crippen LogP contribution >= 0.6 is 0 Å². The summed E-state index contributed by atoms with van der Waals surface area (Å²) in [5, 5.41) is 52.6. The first-order valence-electron chi connectivity index (χ1n) is 19.0. The number of nitrogens with zero attached hydrogens (tertiary/aromatic N) is 8. The molecule has 60 heavy (non-hydrogen) atoms. The molecule has 0 bridgehead atoms. The number of aromatic nitrogens is 3. The number of rotatable bonds is 5. The van der Waals surface area contributed by atoms with Gasteiger partial charge < -0.3 is 4.57 Å². The van der Waals surface area contributed by atoms with Gasteiger partial charge in [-0.3, -0.25) is 4.57 Å². The van der Waals surface area contributed by atoms with E-state index in [0.29, 0.717) is 33.6 Å². The Morgan fingerprint density at radius 3 is 1.37 bits per heavy atom. The molecule has 7 aromatic carbocycles. The van der Waals surface area contributed by atoms with Crippen molar-refractivity contribution in [2.75, 3.05) is 0 Å². The molecule has 0 aliphatic rings. The number of fused-ring (bicyclic) bond motifs is 6. The lowest BCUT2D eigenvalue weighted by Gasteiger charge is -2.17. The predicted molar refractivity (Wildman–Crippen MR) is 233 cm³/mol. The van der Waals surface area contributed by atoms with Crippen LogP contribution in [0.15, 0.2) is 158 Å². The van der Waals surface area contributed by atoms with Gasteiger partial charge >= 0.3 is 0 Å². The maximum Gasteiger partial charge on any atom is 0.138 e. The van der Waals surface area contributed by atoms with Gasteiger partial charge in [0.25, 0.3) is 0 Å². The number of pyridine rings is 1. The van der Waals surface area contributed by atoms with E-state index in [1.165, 1.54) is 0 Å². The molecule has 8 nitrogen and oxygen atoms in total. The lowest BCUT2D eigenvalue weighted by atomic mass is 9.97. The van der Waals surface area contributed by atoms with Crippen molar-refractivity contribution < 1.29 is 0 Å². The fraction of sp³-hybridized carbons (Fsp3) is 0. The van der Waals surface area contributed by atoms with Crippen LogP contribution in [-0.2, 0) is 0 Å². The van der Waals surface area contributed by atoms with Gasteiger partial charge in [-0.1, -0.05) is 72.8 Å². The normalized spacial score (nSPS) is 10.9. The van der Waals surface area contributed by atoms with E-state index >= 15 is 0 Å². The van der Waals surface area contributed by atoms with Crippen LogP contribution in [0.25, 0.3) is 88.5 Å². The first-order chi connectivity index (χ1) is 29.5. The van der Waals surface area contributed by atoms with Crippen LogP contribution in [0.4, 0.5) is 0 Å². The fourth-order valence-electron chi connectivity index (χ4n) is 8.40. The Morgan fingerprint density at radius 1 is 0.367 bits per heavy atom. The molecule has 0 aliphatic carbocycles. The third-order valence-electron chi connectivity index (χ3n) is 11.2. The van der Waals surface area contributed by atoms with E-state index in [9.17, 15) is 26.3 Å². The number of hydrogen-bond donors (Lipinski definition) is 0. The molecular formula is C52H26N8. The molecular weight excluding hydrogens is 737 g/mol. The molecule has 10 rings (SSSR count). The van der Waals surface area contributed by atoms with Crippen molar-refractivity contribution in [3.05, 3.63) is 186 Å². The van der Waals surface area contributed by atoms with Gasteiger partial charge in [0.2, 0.25) is 0 Å². The van der Waals surface area contributed by atoms with Crippen LogP contribution in [0.2, 0.25) is 0 Å². The van der Waals surface area contributed by atoms with Gasteiger partial charge in [0.15, 0.2) is 0 Å². The van der Waals surface area contributed by atoms with Crippen molar-refractivity contribution in [3.63, 3.8) is 0 Å². The van der Waals surface area contributed by atoms with Crippen LogP contribution in [0.5, 0.6) is 0 Å². The monoisotopic (exact) mass is 762 g/mol. The van der Waals surface area contributed by atoms with Gasteiger partial charge in [-0.15, -0.1) is 0 Å². The molecule has 0 aliphatic heterocycles. The van der Waals surface area contributed by atoms with Crippen molar-refractivity contribution in [1.29, 1.82) is 26.3 Å². The second-order valence-corrected chi connectivity index (χ2v) is 14.4. The Balaban J connectivity index is 1.20. The van der Waals surface area contributed by atoms with E-state index in [2.05, 4.69) is 94.1 Å². The van der Waals surface area contributed by atoms with Gasteiger partial charge in [0, 0.05) is 27.1 Å². The minimum absolute atomic E-state index is 0.433. The fourth-order valence-corrected chi connectivity index (χ4v) is 8.40. The zero-order valence-electron chi connectivity index (χ0n) is 31.6. The molecule has 3 aromatic heterocycles. The van der Waals surface area contributed by atoms with E-state index in [1.807, 2.05) is 79.0 Å². The average molecular weight is 763 g/mol. The van der Waals surface area contributed by atoms with Gasteiger partial charge in [-0.2, -0.15) is 26.3 Å². The van der Waals surface area contributed by atoms with E-state index in [1.54, 1.807) is 24.3 Å². The number of benzene rings is 7. The third-order valence-corrected chi connectivity index (χ3v) is 11.2. The molecule has 274 valence electrons. The summed E-state index contributed by atoms with van der Waals surface area (Å²) in [6.45, 7) is 0. The summed E-state index contributed by atoms with van der Waals surface area (Å²) in [7, 11) is 0. The minimum atomic E-state index is 0.433. The Hall–Kier alpha value is -9.26. The van der Waals surface area contributed by atoms with Crippen molar-refractivity contribution in [3.8, 4) is 75.2 Å². The van der Waals surface area contributed by atoms with Crippen molar-refractivity contribution >= 4 is 43.6 Å². The Bertz CT molecular complexity index is 3660. The standard InChI is InChI=1S/C52H26N8/c53-26-32-9-13-35(14-10-32)44-25-52(60-48-8-4-2-6-43(48)46-24-37(16-20-50(46)60)41-18-12-34(28-55)22-39(41)30-57)58-31-51(44)59-47-7-3-1-5-42(47)45-23-36(15-19-49(45)59)40-17-11-33(27-54)21-38(40)29-56/h1-25,31H. The quantitative estimate of drug-likeness (QED) is 0.171. The van der Waals surface area contributed by atoms with E-state index < -0.39 is 0 Å². The number of nitriles is 5. The molecule has 3 heterocycles. The summed E-state index contributed by atoms with van der Waals surface area (Å²) < 4.78 is 4.36. The first-order valence-corrected chi connectivity index (χ1v) is 19.0. The molecule has 0 saturated carbocycles. The molecule has 0 radical (unpaired) electrons. The molecule has 0 atom stereocenters. The predicted octanol–water partition coefficient (Wildman–Crippen LogP) is 11.6. The maximum absolute atomic E-state index is 10.0. The highest BCUT2D eigenvalue weighted by Gasteiger charge is 2.21. The number of para-hydroxylation sites is 2. The average Bonchev–Trinajstić information content (AvgIpc) is 3.83. The second-order valence-electron chi connectivity index (χ2n) is 14.4. The molecule has 0 N–H and O–H groups in total. The second kappa shape index (κ2) is 14.0. The topological polar surface area (TPSA) is 142 Å². The third kappa shape index (κ3) is 5.53. The van der Waals surface area contributed by atoms with E-state index in [4.69, 9.17) is 4.98 Å².